The fourth-order valence-electron chi connectivity index (χ4n) is 2.73. The molecule has 1 amide bonds. The Balaban J connectivity index is 1.71. The molecule has 23 heavy (non-hydrogen) atoms. The minimum absolute atomic E-state index is 0.0243. The van der Waals surface area contributed by atoms with Crippen molar-refractivity contribution in [1.29, 1.82) is 0 Å². The number of rotatable bonds is 5. The third-order valence-electron chi connectivity index (χ3n) is 3.99. The van der Waals surface area contributed by atoms with Gasteiger partial charge in [0.2, 0.25) is 0 Å². The Labute approximate surface area is 134 Å². The van der Waals surface area contributed by atoms with Gasteiger partial charge >= 0.3 is 0 Å². The number of amides is 1. The minimum Gasteiger partial charge on any atom is -0.465 e. The van der Waals surface area contributed by atoms with Crippen LogP contribution < -0.4 is 5.32 Å². The van der Waals surface area contributed by atoms with Gasteiger partial charge in [-0.25, -0.2) is 4.98 Å². The number of ether oxygens (including phenoxy) is 1. The van der Waals surface area contributed by atoms with Gasteiger partial charge in [-0.3, -0.25) is 9.69 Å². The third-order valence-corrected chi connectivity index (χ3v) is 3.99. The zero-order valence-electron chi connectivity index (χ0n) is 13.4. The Kier molecular flexibility index (Phi) is 4.78. The summed E-state index contributed by atoms with van der Waals surface area (Å²) in [6.45, 7) is 7.07. The summed E-state index contributed by atoms with van der Waals surface area (Å²) in [5.41, 5.74) is 0.321. The highest BCUT2D eigenvalue weighted by Gasteiger charge is 2.26. The summed E-state index contributed by atoms with van der Waals surface area (Å²) in [6, 6.07) is 3.87. The van der Waals surface area contributed by atoms with Crippen molar-refractivity contribution in [3.05, 3.63) is 41.5 Å². The van der Waals surface area contributed by atoms with Crippen LogP contribution in [0.3, 0.4) is 0 Å². The first-order chi connectivity index (χ1) is 11.1. The van der Waals surface area contributed by atoms with E-state index in [4.69, 9.17) is 13.6 Å². The van der Waals surface area contributed by atoms with E-state index < -0.39 is 0 Å². The van der Waals surface area contributed by atoms with Crippen LogP contribution in [0.15, 0.2) is 27.4 Å². The molecule has 3 rings (SSSR count). The monoisotopic (exact) mass is 319 g/mol. The van der Waals surface area contributed by atoms with Crippen molar-refractivity contribution in [2.75, 3.05) is 32.8 Å². The highest BCUT2D eigenvalue weighted by molar-refractivity contribution is 5.93. The van der Waals surface area contributed by atoms with Gasteiger partial charge in [0.15, 0.2) is 12.1 Å². The molecular weight excluding hydrogens is 298 g/mol. The number of hydrogen-bond donors (Lipinski definition) is 1. The van der Waals surface area contributed by atoms with Crippen molar-refractivity contribution in [3.63, 3.8) is 0 Å². The molecule has 0 saturated carbocycles. The Morgan fingerprint density at radius 3 is 2.74 bits per heavy atom. The van der Waals surface area contributed by atoms with Crippen LogP contribution >= 0.6 is 0 Å². The number of carbonyl (C=O) groups excluding carboxylic acids is 1. The number of aryl methyl sites for hydroxylation is 2. The van der Waals surface area contributed by atoms with Gasteiger partial charge in [-0.15, -0.1) is 0 Å². The molecule has 0 unspecified atom stereocenters. The first-order valence-corrected chi connectivity index (χ1v) is 7.71. The second-order valence-electron chi connectivity index (χ2n) is 5.58. The van der Waals surface area contributed by atoms with E-state index in [1.165, 1.54) is 6.39 Å². The maximum absolute atomic E-state index is 12.2. The van der Waals surface area contributed by atoms with Gasteiger partial charge in [0.1, 0.15) is 17.3 Å². The van der Waals surface area contributed by atoms with Gasteiger partial charge in [-0.2, -0.15) is 0 Å². The first-order valence-electron chi connectivity index (χ1n) is 7.71. The number of furan rings is 1. The van der Waals surface area contributed by atoms with E-state index in [-0.39, 0.29) is 11.9 Å². The maximum Gasteiger partial charge on any atom is 0.273 e. The van der Waals surface area contributed by atoms with E-state index in [2.05, 4.69) is 15.2 Å². The molecule has 1 saturated heterocycles. The smallest absolute Gasteiger partial charge is 0.273 e. The molecule has 2 aromatic heterocycles. The van der Waals surface area contributed by atoms with Crippen molar-refractivity contribution < 1.29 is 18.4 Å². The van der Waals surface area contributed by atoms with Crippen molar-refractivity contribution >= 4 is 5.91 Å². The second kappa shape index (κ2) is 6.97. The molecule has 7 nitrogen and oxygen atoms in total. The molecule has 124 valence electrons. The summed E-state index contributed by atoms with van der Waals surface area (Å²) in [4.78, 5) is 18.5. The Bertz CT molecular complexity index is 658. The quantitative estimate of drug-likeness (QED) is 0.903. The largest absolute Gasteiger partial charge is 0.465 e. The molecule has 7 heteroatoms. The summed E-state index contributed by atoms with van der Waals surface area (Å²) >= 11 is 0. The van der Waals surface area contributed by atoms with Gasteiger partial charge in [0.25, 0.3) is 5.91 Å². The summed E-state index contributed by atoms with van der Waals surface area (Å²) in [6.07, 6.45) is 1.28. The molecule has 1 N–H and O–H groups in total. The average Bonchev–Trinajstić information content (AvgIpc) is 3.17. The molecule has 1 aliphatic rings. The second-order valence-corrected chi connectivity index (χ2v) is 5.58. The number of carbonyl (C=O) groups is 1. The van der Waals surface area contributed by atoms with Gasteiger partial charge in [0, 0.05) is 19.6 Å². The standard InChI is InChI=1S/C16H21N3O4/c1-11-3-4-14(23-11)13(19-5-7-21-8-6-19)9-17-16(20)15-12(2)22-10-18-15/h3-4,10,13H,5-9H2,1-2H3,(H,17,20)/t13-/m0/s1. The minimum atomic E-state index is -0.238. The fourth-order valence-corrected chi connectivity index (χ4v) is 2.73. The molecular formula is C16H21N3O4. The Hall–Kier alpha value is -2.12. The molecule has 3 heterocycles. The van der Waals surface area contributed by atoms with Crippen molar-refractivity contribution in [2.45, 2.75) is 19.9 Å². The molecule has 0 radical (unpaired) electrons. The zero-order valence-corrected chi connectivity index (χ0v) is 13.4. The van der Waals surface area contributed by atoms with Crippen LogP contribution in [0.25, 0.3) is 0 Å². The van der Waals surface area contributed by atoms with Crippen LogP contribution in [-0.2, 0) is 4.74 Å². The van der Waals surface area contributed by atoms with Crippen LogP contribution in [0.1, 0.15) is 33.8 Å². The summed E-state index contributed by atoms with van der Waals surface area (Å²) < 4.78 is 16.3. The number of oxazole rings is 1. The van der Waals surface area contributed by atoms with E-state index in [0.717, 1.165) is 24.6 Å². The maximum atomic E-state index is 12.2. The molecule has 1 fully saturated rings. The number of nitrogens with zero attached hydrogens (tertiary/aromatic N) is 2. The number of nitrogens with one attached hydrogen (secondary N) is 1. The van der Waals surface area contributed by atoms with Crippen LogP contribution in [0.4, 0.5) is 0 Å². The van der Waals surface area contributed by atoms with Gasteiger partial charge in [0.05, 0.1) is 19.3 Å². The Morgan fingerprint density at radius 1 is 1.35 bits per heavy atom. The van der Waals surface area contributed by atoms with E-state index in [1.54, 1.807) is 6.92 Å². The molecule has 1 atom stereocenters. The molecule has 0 bridgehead atoms. The van der Waals surface area contributed by atoms with Gasteiger partial charge in [-0.1, -0.05) is 0 Å². The lowest BCUT2D eigenvalue weighted by atomic mass is 10.1. The lowest BCUT2D eigenvalue weighted by Gasteiger charge is -2.33. The predicted molar refractivity (Wildman–Crippen MR) is 82.2 cm³/mol. The number of hydrogen-bond acceptors (Lipinski definition) is 6. The topological polar surface area (TPSA) is 80.7 Å². The normalized spacial score (nSPS) is 17.1. The highest BCUT2D eigenvalue weighted by Crippen LogP contribution is 2.23. The SMILES string of the molecule is Cc1ccc([C@H](CNC(=O)c2ncoc2C)N2CCOCC2)o1. The summed E-state index contributed by atoms with van der Waals surface area (Å²) in [5.74, 6) is 1.98. The zero-order chi connectivity index (χ0) is 16.2. The van der Waals surface area contributed by atoms with E-state index >= 15 is 0 Å². The van der Waals surface area contributed by atoms with Crippen LogP contribution in [0.5, 0.6) is 0 Å². The average molecular weight is 319 g/mol. The molecule has 0 aliphatic carbocycles. The van der Waals surface area contributed by atoms with E-state index in [0.29, 0.717) is 31.2 Å². The van der Waals surface area contributed by atoms with Gasteiger partial charge in [-0.05, 0) is 26.0 Å². The molecule has 1 aliphatic heterocycles. The van der Waals surface area contributed by atoms with Crippen molar-refractivity contribution in [3.8, 4) is 0 Å². The third kappa shape index (κ3) is 3.62. The molecule has 2 aromatic rings. The Morgan fingerprint density at radius 2 is 2.13 bits per heavy atom. The number of aromatic nitrogens is 1. The highest BCUT2D eigenvalue weighted by atomic mass is 16.5. The number of morpholine rings is 1. The van der Waals surface area contributed by atoms with Crippen LogP contribution in [0, 0.1) is 13.8 Å². The van der Waals surface area contributed by atoms with Crippen LogP contribution in [0.2, 0.25) is 0 Å². The van der Waals surface area contributed by atoms with E-state index in [9.17, 15) is 4.79 Å². The lowest BCUT2D eigenvalue weighted by molar-refractivity contribution is 0.0117. The van der Waals surface area contributed by atoms with Crippen molar-refractivity contribution in [1.82, 2.24) is 15.2 Å². The summed E-state index contributed by atoms with van der Waals surface area (Å²) in [7, 11) is 0. The van der Waals surface area contributed by atoms with E-state index in [1.807, 2.05) is 19.1 Å². The lowest BCUT2D eigenvalue weighted by Crippen LogP contribution is -2.43. The van der Waals surface area contributed by atoms with Crippen LogP contribution in [-0.4, -0.2) is 48.6 Å². The fraction of sp³-hybridized carbons (Fsp3) is 0.500. The van der Waals surface area contributed by atoms with Crippen molar-refractivity contribution in [2.24, 2.45) is 0 Å². The van der Waals surface area contributed by atoms with Gasteiger partial charge < -0.3 is 18.9 Å². The molecule has 0 spiro atoms. The molecule has 0 aromatic carbocycles. The predicted octanol–water partition coefficient (Wildman–Crippen LogP) is 1.69. The summed E-state index contributed by atoms with van der Waals surface area (Å²) in [5, 5.41) is 2.93. The first kappa shape index (κ1) is 15.8.